The van der Waals surface area contributed by atoms with Crippen molar-refractivity contribution in [2.24, 2.45) is 0 Å². The number of aromatic nitrogens is 4. The van der Waals surface area contributed by atoms with E-state index in [1.54, 1.807) is 29.0 Å². The van der Waals surface area contributed by atoms with Gasteiger partial charge in [-0.05, 0) is 63.0 Å². The smallest absolute Gasteiger partial charge is 0.352 e. The first kappa shape index (κ1) is 31.4. The lowest BCUT2D eigenvalue weighted by Crippen LogP contribution is -2.22. The van der Waals surface area contributed by atoms with Crippen LogP contribution in [0.15, 0.2) is 42.6 Å². The van der Waals surface area contributed by atoms with E-state index in [9.17, 15) is 14.3 Å². The predicted molar refractivity (Wildman–Crippen MR) is 165 cm³/mol. The fraction of sp³-hybridized carbons (Fsp3) is 0.379. The molecule has 4 rings (SSSR count). The summed E-state index contributed by atoms with van der Waals surface area (Å²) in [4.78, 5) is 18.7. The van der Waals surface area contributed by atoms with E-state index < -0.39 is 19.9 Å². The van der Waals surface area contributed by atoms with Crippen LogP contribution in [-0.2, 0) is 11.5 Å². The zero-order chi connectivity index (χ0) is 30.4. The lowest BCUT2D eigenvalue weighted by Gasteiger charge is -2.16. The highest BCUT2D eigenvalue weighted by molar-refractivity contribution is 6.76. The minimum Gasteiger partial charge on any atom is -0.477 e. The summed E-state index contributed by atoms with van der Waals surface area (Å²) in [6.07, 6.45) is 2.33. The number of ether oxygens (including phenoxy) is 2. The zero-order valence-electron chi connectivity index (χ0n) is 24.4. The lowest BCUT2D eigenvalue weighted by atomic mass is 10.1. The molecule has 42 heavy (non-hydrogen) atoms. The maximum Gasteiger partial charge on any atom is 0.352 e. The number of carboxylic acid groups (broad SMARTS) is 1. The normalized spacial score (nSPS) is 11.8. The molecule has 0 aliphatic carbocycles. The monoisotopic (exact) mass is 614 g/mol. The highest BCUT2D eigenvalue weighted by Gasteiger charge is 2.20. The van der Waals surface area contributed by atoms with Crippen molar-refractivity contribution in [3.8, 4) is 17.1 Å². The Bertz CT molecular complexity index is 1560. The summed E-state index contributed by atoms with van der Waals surface area (Å²) in [5.41, 5.74) is 1.92. The molecule has 0 spiro atoms. The first-order valence-electron chi connectivity index (χ1n) is 13.6. The van der Waals surface area contributed by atoms with Crippen LogP contribution in [0.1, 0.15) is 16.9 Å². The van der Waals surface area contributed by atoms with Crippen LogP contribution in [0.3, 0.4) is 0 Å². The number of carbonyl (C=O) groups is 1. The number of fused-ring (bicyclic) bond motifs is 1. The molecule has 0 aliphatic rings. The summed E-state index contributed by atoms with van der Waals surface area (Å²) >= 11 is 6.13. The average molecular weight is 615 g/mol. The molecule has 1 aromatic carbocycles. The lowest BCUT2D eigenvalue weighted by molar-refractivity contribution is 0.0629. The zero-order valence-corrected chi connectivity index (χ0v) is 26.2. The molecule has 0 bridgehead atoms. The van der Waals surface area contributed by atoms with Crippen molar-refractivity contribution < 1.29 is 23.8 Å². The second kappa shape index (κ2) is 13.6. The van der Waals surface area contributed by atoms with Crippen molar-refractivity contribution in [1.29, 1.82) is 0 Å². The Kier molecular flexibility index (Phi) is 10.1. The van der Waals surface area contributed by atoms with Gasteiger partial charge in [0.25, 0.3) is 5.88 Å². The van der Waals surface area contributed by atoms with Crippen LogP contribution in [-0.4, -0.2) is 77.7 Å². The van der Waals surface area contributed by atoms with Gasteiger partial charge < -0.3 is 24.8 Å². The van der Waals surface area contributed by atoms with Crippen molar-refractivity contribution >= 4 is 48.1 Å². The highest BCUT2D eigenvalue weighted by Crippen LogP contribution is 2.34. The van der Waals surface area contributed by atoms with Gasteiger partial charge in [0.05, 0.1) is 18.0 Å². The molecular formula is C29H36ClFN6O4Si. The van der Waals surface area contributed by atoms with Crippen LogP contribution >= 0.6 is 11.6 Å². The van der Waals surface area contributed by atoms with Gasteiger partial charge in [-0.15, -0.1) is 10.2 Å². The first-order chi connectivity index (χ1) is 19.9. The highest BCUT2D eigenvalue weighted by atomic mass is 35.5. The Balaban J connectivity index is 1.70. The number of hydrogen-bond acceptors (Lipinski definition) is 8. The molecule has 0 fully saturated rings. The number of pyridine rings is 1. The predicted octanol–water partition coefficient (Wildman–Crippen LogP) is 6.37. The topological polar surface area (TPSA) is 115 Å². The molecule has 0 atom stereocenters. The Hall–Kier alpha value is -3.58. The van der Waals surface area contributed by atoms with Crippen LogP contribution in [0.25, 0.3) is 22.3 Å². The number of rotatable bonds is 14. The van der Waals surface area contributed by atoms with Crippen molar-refractivity contribution in [1.82, 2.24) is 24.6 Å². The molecule has 13 heteroatoms. The average Bonchev–Trinajstić information content (AvgIpc) is 3.30. The molecule has 0 unspecified atom stereocenters. The Morgan fingerprint density at radius 1 is 1.12 bits per heavy atom. The van der Waals surface area contributed by atoms with Gasteiger partial charge in [-0.25, -0.2) is 14.2 Å². The minimum atomic E-state index is -1.31. The molecule has 0 aliphatic heterocycles. The van der Waals surface area contributed by atoms with Crippen LogP contribution < -0.4 is 10.1 Å². The van der Waals surface area contributed by atoms with Crippen LogP contribution in [0, 0.1) is 5.82 Å². The molecule has 3 aromatic heterocycles. The van der Waals surface area contributed by atoms with Gasteiger partial charge in [0, 0.05) is 43.4 Å². The van der Waals surface area contributed by atoms with Gasteiger partial charge in [0.2, 0.25) is 0 Å². The van der Waals surface area contributed by atoms with Crippen LogP contribution in [0.4, 0.5) is 15.8 Å². The third-order valence-corrected chi connectivity index (χ3v) is 8.39. The third kappa shape index (κ3) is 8.03. The number of carboxylic acids is 1. The van der Waals surface area contributed by atoms with Crippen molar-refractivity contribution in [3.05, 3.63) is 59.1 Å². The number of benzene rings is 1. The summed E-state index contributed by atoms with van der Waals surface area (Å²) in [5, 5.41) is 22.6. The third-order valence-electron chi connectivity index (χ3n) is 6.45. The van der Waals surface area contributed by atoms with Gasteiger partial charge >= 0.3 is 5.97 Å². The summed E-state index contributed by atoms with van der Waals surface area (Å²) < 4.78 is 28.1. The van der Waals surface area contributed by atoms with Gasteiger partial charge in [-0.2, -0.15) is 0 Å². The standard InChI is InChI=1S/C29H36ClFN6O4Si/c1-36(2)11-6-12-41-28-25(17-24(34-35-28)20-15-19(30)7-8-22(20)31)33-23-9-10-32-27-21(23)16-26(29(38)39)37(27)18-40-13-14-42(3,4)5/h7-10,15-17H,6,11-14,18H2,1-5H3,(H,38,39)(H,32,33,34). The molecule has 0 saturated carbocycles. The van der Waals surface area contributed by atoms with Gasteiger partial charge in [-0.3, -0.25) is 4.57 Å². The maximum atomic E-state index is 14.7. The van der Waals surface area contributed by atoms with E-state index in [1.807, 2.05) is 19.0 Å². The van der Waals surface area contributed by atoms with E-state index in [-0.39, 0.29) is 29.6 Å². The van der Waals surface area contributed by atoms with E-state index >= 15 is 0 Å². The van der Waals surface area contributed by atoms with Crippen molar-refractivity contribution in [3.63, 3.8) is 0 Å². The van der Waals surface area contributed by atoms with Crippen molar-refractivity contribution in [2.45, 2.75) is 38.8 Å². The second-order valence-electron chi connectivity index (χ2n) is 11.4. The molecule has 224 valence electrons. The molecule has 4 aromatic rings. The fourth-order valence-corrected chi connectivity index (χ4v) is 5.12. The largest absolute Gasteiger partial charge is 0.477 e. The van der Waals surface area contributed by atoms with E-state index in [0.29, 0.717) is 40.6 Å². The molecule has 2 N–H and O–H groups in total. The van der Waals surface area contributed by atoms with Gasteiger partial charge in [-0.1, -0.05) is 31.2 Å². The van der Waals surface area contributed by atoms with Crippen LogP contribution in [0.5, 0.6) is 5.88 Å². The van der Waals surface area contributed by atoms with Crippen LogP contribution in [0.2, 0.25) is 30.7 Å². The fourth-order valence-electron chi connectivity index (χ4n) is 4.20. The van der Waals surface area contributed by atoms with Crippen molar-refractivity contribution in [2.75, 3.05) is 39.2 Å². The van der Waals surface area contributed by atoms with Gasteiger partial charge in [0.1, 0.15) is 29.6 Å². The summed E-state index contributed by atoms with van der Waals surface area (Å²) in [6.45, 7) is 8.55. The number of nitrogens with one attached hydrogen (secondary N) is 1. The number of nitrogens with zero attached hydrogens (tertiary/aromatic N) is 5. The molecule has 0 saturated heterocycles. The number of anilines is 2. The van der Waals surface area contributed by atoms with E-state index in [4.69, 9.17) is 21.1 Å². The molecule has 0 radical (unpaired) electrons. The molecular weight excluding hydrogens is 579 g/mol. The van der Waals surface area contributed by atoms with Gasteiger partial charge in [0.15, 0.2) is 0 Å². The van der Waals surface area contributed by atoms with E-state index in [1.165, 1.54) is 18.2 Å². The number of hydrogen-bond donors (Lipinski definition) is 2. The Morgan fingerprint density at radius 3 is 2.62 bits per heavy atom. The molecule has 3 heterocycles. The molecule has 10 nitrogen and oxygen atoms in total. The number of halogens is 2. The first-order valence-corrected chi connectivity index (χ1v) is 17.7. The number of aromatic carboxylic acids is 1. The summed E-state index contributed by atoms with van der Waals surface area (Å²) in [7, 11) is 2.64. The second-order valence-corrected chi connectivity index (χ2v) is 17.5. The molecule has 0 amide bonds. The van der Waals surface area contributed by atoms with E-state index in [0.717, 1.165) is 19.0 Å². The maximum absolute atomic E-state index is 14.7. The quantitative estimate of drug-likeness (QED) is 0.123. The SMILES string of the molecule is CN(C)CCCOc1nnc(-c2cc(Cl)ccc2F)cc1Nc1ccnc2c1cc(C(=O)O)n2COCC[Si](C)(C)C. The summed E-state index contributed by atoms with van der Waals surface area (Å²) in [6, 6.07) is 10.1. The summed E-state index contributed by atoms with van der Waals surface area (Å²) in [5.74, 6) is -1.37. The van der Waals surface area contributed by atoms with E-state index in [2.05, 4.69) is 40.1 Å². The Labute approximate surface area is 250 Å². The minimum absolute atomic E-state index is 0.0504. The Morgan fingerprint density at radius 2 is 1.90 bits per heavy atom.